The van der Waals surface area contributed by atoms with Gasteiger partial charge in [0.05, 0.1) is 0 Å². The Morgan fingerprint density at radius 1 is 1.00 bits per heavy atom. The predicted molar refractivity (Wildman–Crippen MR) is 93.6 cm³/mol. The number of aromatic nitrogens is 2. The molecule has 0 saturated carbocycles. The summed E-state index contributed by atoms with van der Waals surface area (Å²) in [5, 5.41) is 0. The van der Waals surface area contributed by atoms with Gasteiger partial charge in [0.1, 0.15) is 17.3 Å². The summed E-state index contributed by atoms with van der Waals surface area (Å²) in [6.07, 6.45) is 9.16. The van der Waals surface area contributed by atoms with Crippen molar-refractivity contribution in [2.45, 2.75) is 19.9 Å². The molecule has 2 aromatic carbocycles. The van der Waals surface area contributed by atoms with Gasteiger partial charge < -0.3 is 9.30 Å². The average molecular weight is 304 g/mol. The Labute approximate surface area is 136 Å². The van der Waals surface area contributed by atoms with E-state index in [1.165, 1.54) is 5.56 Å². The number of hydrogen-bond donors (Lipinski definition) is 0. The molecule has 0 amide bonds. The van der Waals surface area contributed by atoms with Gasteiger partial charge in [-0.2, -0.15) is 0 Å². The fourth-order valence-corrected chi connectivity index (χ4v) is 2.34. The molecular weight excluding hydrogens is 284 g/mol. The zero-order valence-electron chi connectivity index (χ0n) is 13.2. The SMILES string of the molecule is Cc1nccn1CCC=Cc1ccc(Oc2ccccc2)cc1. The second-order valence-corrected chi connectivity index (χ2v) is 5.34. The molecule has 3 heteroatoms. The summed E-state index contributed by atoms with van der Waals surface area (Å²) in [6, 6.07) is 17.9. The molecule has 3 aromatic rings. The Morgan fingerprint density at radius 2 is 1.74 bits per heavy atom. The Hall–Kier alpha value is -2.81. The van der Waals surface area contributed by atoms with Crippen molar-refractivity contribution >= 4 is 6.08 Å². The highest BCUT2D eigenvalue weighted by Gasteiger charge is 1.96. The molecule has 1 aromatic heterocycles. The van der Waals surface area contributed by atoms with Crippen LogP contribution in [0, 0.1) is 6.92 Å². The Kier molecular flexibility index (Phi) is 4.89. The van der Waals surface area contributed by atoms with E-state index >= 15 is 0 Å². The van der Waals surface area contributed by atoms with E-state index < -0.39 is 0 Å². The van der Waals surface area contributed by atoms with Gasteiger partial charge in [-0.25, -0.2) is 4.98 Å². The van der Waals surface area contributed by atoms with E-state index in [0.717, 1.165) is 30.3 Å². The second-order valence-electron chi connectivity index (χ2n) is 5.34. The van der Waals surface area contributed by atoms with Crippen molar-refractivity contribution in [1.29, 1.82) is 0 Å². The molecule has 0 radical (unpaired) electrons. The molecule has 1 heterocycles. The molecule has 0 N–H and O–H groups in total. The average Bonchev–Trinajstić information content (AvgIpc) is 2.99. The van der Waals surface area contributed by atoms with Gasteiger partial charge in [0, 0.05) is 18.9 Å². The molecule has 116 valence electrons. The van der Waals surface area contributed by atoms with Crippen LogP contribution in [0.4, 0.5) is 0 Å². The maximum atomic E-state index is 5.79. The van der Waals surface area contributed by atoms with Crippen molar-refractivity contribution in [2.75, 3.05) is 0 Å². The molecule has 3 nitrogen and oxygen atoms in total. The van der Waals surface area contributed by atoms with E-state index in [2.05, 4.69) is 33.8 Å². The lowest BCUT2D eigenvalue weighted by Gasteiger charge is -2.05. The maximum absolute atomic E-state index is 5.79. The van der Waals surface area contributed by atoms with Crippen LogP contribution in [0.2, 0.25) is 0 Å². The molecular formula is C20H20N2O. The van der Waals surface area contributed by atoms with Crippen LogP contribution in [-0.2, 0) is 6.54 Å². The third-order valence-corrected chi connectivity index (χ3v) is 3.63. The van der Waals surface area contributed by atoms with Crippen LogP contribution in [-0.4, -0.2) is 9.55 Å². The molecule has 0 aliphatic carbocycles. The van der Waals surface area contributed by atoms with E-state index in [9.17, 15) is 0 Å². The zero-order valence-corrected chi connectivity index (χ0v) is 13.2. The molecule has 0 fully saturated rings. The number of imidazole rings is 1. The van der Waals surface area contributed by atoms with Gasteiger partial charge in [0.15, 0.2) is 0 Å². The van der Waals surface area contributed by atoms with Crippen molar-refractivity contribution in [3.05, 3.63) is 84.5 Å². The van der Waals surface area contributed by atoms with Gasteiger partial charge >= 0.3 is 0 Å². The van der Waals surface area contributed by atoms with Crippen molar-refractivity contribution in [3.8, 4) is 11.5 Å². The first-order valence-corrected chi connectivity index (χ1v) is 7.78. The molecule has 0 aliphatic heterocycles. The Balaban J connectivity index is 1.53. The number of rotatable bonds is 6. The minimum atomic E-state index is 0.849. The smallest absolute Gasteiger partial charge is 0.127 e. The summed E-state index contributed by atoms with van der Waals surface area (Å²) >= 11 is 0. The van der Waals surface area contributed by atoms with Crippen LogP contribution in [0.25, 0.3) is 6.08 Å². The van der Waals surface area contributed by atoms with E-state index in [4.69, 9.17) is 4.74 Å². The van der Waals surface area contributed by atoms with Gasteiger partial charge in [0.25, 0.3) is 0 Å². The Morgan fingerprint density at radius 3 is 2.43 bits per heavy atom. The van der Waals surface area contributed by atoms with Crippen molar-refractivity contribution in [2.24, 2.45) is 0 Å². The standard InChI is InChI=1S/C20H20N2O/c1-17-21-14-16-22(17)15-6-5-7-18-10-12-20(13-11-18)23-19-8-3-2-4-9-19/h2-5,7-14,16H,6,15H2,1H3. The molecule has 0 saturated heterocycles. The highest BCUT2D eigenvalue weighted by atomic mass is 16.5. The Bertz CT molecular complexity index is 758. The van der Waals surface area contributed by atoms with Crippen LogP contribution in [0.3, 0.4) is 0 Å². The molecule has 23 heavy (non-hydrogen) atoms. The lowest BCUT2D eigenvalue weighted by atomic mass is 10.2. The van der Waals surface area contributed by atoms with Crippen molar-refractivity contribution in [1.82, 2.24) is 9.55 Å². The topological polar surface area (TPSA) is 27.1 Å². The van der Waals surface area contributed by atoms with Crippen LogP contribution in [0.15, 0.2) is 73.1 Å². The van der Waals surface area contributed by atoms with Crippen LogP contribution < -0.4 is 4.74 Å². The first kappa shape index (κ1) is 15.1. The first-order valence-electron chi connectivity index (χ1n) is 7.78. The number of para-hydroxylation sites is 1. The molecule has 0 unspecified atom stereocenters. The highest BCUT2D eigenvalue weighted by Crippen LogP contribution is 2.21. The van der Waals surface area contributed by atoms with Gasteiger partial charge in [-0.15, -0.1) is 0 Å². The monoisotopic (exact) mass is 304 g/mol. The minimum Gasteiger partial charge on any atom is -0.457 e. The number of aryl methyl sites for hydroxylation is 2. The fourth-order valence-electron chi connectivity index (χ4n) is 2.34. The largest absolute Gasteiger partial charge is 0.457 e. The van der Waals surface area contributed by atoms with Gasteiger partial charge in [-0.05, 0) is 43.2 Å². The number of benzene rings is 2. The summed E-state index contributed by atoms with van der Waals surface area (Å²) < 4.78 is 7.94. The second kappa shape index (κ2) is 7.45. The van der Waals surface area contributed by atoms with E-state index in [-0.39, 0.29) is 0 Å². The van der Waals surface area contributed by atoms with E-state index in [0.29, 0.717) is 0 Å². The summed E-state index contributed by atoms with van der Waals surface area (Å²) in [4.78, 5) is 4.22. The number of nitrogens with zero attached hydrogens (tertiary/aromatic N) is 2. The van der Waals surface area contributed by atoms with Crippen LogP contribution in [0.1, 0.15) is 17.8 Å². The van der Waals surface area contributed by atoms with Gasteiger partial charge in [0.2, 0.25) is 0 Å². The molecule has 0 bridgehead atoms. The summed E-state index contributed by atoms with van der Waals surface area (Å²) in [5.41, 5.74) is 1.17. The minimum absolute atomic E-state index is 0.849. The summed E-state index contributed by atoms with van der Waals surface area (Å²) in [5.74, 6) is 2.76. The molecule has 0 spiro atoms. The van der Waals surface area contributed by atoms with Crippen molar-refractivity contribution < 1.29 is 4.74 Å². The lowest BCUT2D eigenvalue weighted by Crippen LogP contribution is -1.97. The normalized spacial score (nSPS) is 11.0. The zero-order chi connectivity index (χ0) is 15.9. The molecule has 0 aliphatic rings. The number of hydrogen-bond acceptors (Lipinski definition) is 2. The first-order chi connectivity index (χ1) is 11.3. The van der Waals surface area contributed by atoms with Crippen LogP contribution >= 0.6 is 0 Å². The molecule has 0 atom stereocenters. The number of ether oxygens (including phenoxy) is 1. The lowest BCUT2D eigenvalue weighted by molar-refractivity contribution is 0.482. The molecule has 3 rings (SSSR count). The van der Waals surface area contributed by atoms with Gasteiger partial charge in [-0.1, -0.05) is 42.5 Å². The third-order valence-electron chi connectivity index (χ3n) is 3.63. The van der Waals surface area contributed by atoms with Gasteiger partial charge in [-0.3, -0.25) is 0 Å². The number of allylic oxidation sites excluding steroid dienone is 1. The highest BCUT2D eigenvalue weighted by molar-refractivity contribution is 5.50. The summed E-state index contributed by atoms with van der Waals surface area (Å²) in [6.45, 7) is 2.98. The quantitative estimate of drug-likeness (QED) is 0.634. The third kappa shape index (κ3) is 4.33. The van der Waals surface area contributed by atoms with E-state index in [1.807, 2.05) is 61.8 Å². The maximum Gasteiger partial charge on any atom is 0.127 e. The fraction of sp³-hybridized carbons (Fsp3) is 0.150. The predicted octanol–water partition coefficient (Wildman–Crippen LogP) is 5.09. The van der Waals surface area contributed by atoms with E-state index in [1.54, 1.807) is 0 Å². The summed E-state index contributed by atoms with van der Waals surface area (Å²) in [7, 11) is 0. The van der Waals surface area contributed by atoms with Crippen LogP contribution in [0.5, 0.6) is 11.5 Å². The van der Waals surface area contributed by atoms with Crippen molar-refractivity contribution in [3.63, 3.8) is 0 Å².